The van der Waals surface area contributed by atoms with Gasteiger partial charge < -0.3 is 14.1 Å². The van der Waals surface area contributed by atoms with Crippen LogP contribution in [0.3, 0.4) is 0 Å². The van der Waals surface area contributed by atoms with Crippen LogP contribution in [-0.4, -0.2) is 31.9 Å². The molecule has 8 heteroatoms. The first kappa shape index (κ1) is 27.3. The van der Waals surface area contributed by atoms with E-state index in [2.05, 4.69) is 45.0 Å². The molecule has 4 aromatic rings. The van der Waals surface area contributed by atoms with E-state index in [-0.39, 0.29) is 23.2 Å². The average Bonchev–Trinajstić information content (AvgIpc) is 2.96. The number of benzene rings is 4. The molecule has 5 rings (SSSR count). The van der Waals surface area contributed by atoms with Crippen LogP contribution in [0, 0.1) is 10.1 Å². The Kier molecular flexibility index (Phi) is 7.56. The molecule has 0 bridgehead atoms. The van der Waals surface area contributed by atoms with Gasteiger partial charge in [-0.2, -0.15) is 0 Å². The molecule has 0 aromatic heterocycles. The van der Waals surface area contributed by atoms with E-state index >= 15 is 0 Å². The summed E-state index contributed by atoms with van der Waals surface area (Å²) in [4.78, 5) is 26.7. The minimum atomic E-state index is -2.94. The number of fused-ring (bicyclic) bond motifs is 1. The molecule has 1 atom stereocenters. The van der Waals surface area contributed by atoms with E-state index in [0.29, 0.717) is 18.0 Å². The number of nitrogens with zero attached hydrogens (tertiary/aromatic N) is 2. The van der Waals surface area contributed by atoms with Crippen molar-refractivity contribution in [1.82, 2.24) is 0 Å². The Morgan fingerprint density at radius 2 is 1.43 bits per heavy atom. The molecule has 1 aliphatic rings. The van der Waals surface area contributed by atoms with E-state index in [9.17, 15) is 14.9 Å². The van der Waals surface area contributed by atoms with E-state index in [4.69, 9.17) is 9.16 Å². The van der Waals surface area contributed by atoms with Crippen molar-refractivity contribution in [1.29, 1.82) is 0 Å². The lowest BCUT2D eigenvalue weighted by atomic mass is 10.1. The molecule has 0 fully saturated rings. The van der Waals surface area contributed by atoms with Gasteiger partial charge in [0.25, 0.3) is 19.9 Å². The summed E-state index contributed by atoms with van der Waals surface area (Å²) < 4.78 is 13.2. The van der Waals surface area contributed by atoms with Crippen LogP contribution in [-0.2, 0) is 15.8 Å². The zero-order chi connectivity index (χ0) is 28.3. The highest BCUT2D eigenvalue weighted by Crippen LogP contribution is 2.40. The highest BCUT2D eigenvalue weighted by atomic mass is 28.4. The first-order valence-electron chi connectivity index (χ1n) is 13.3. The van der Waals surface area contributed by atoms with Gasteiger partial charge in [-0.3, -0.25) is 14.9 Å². The smallest absolute Gasteiger partial charge is 0.273 e. The largest absolute Gasteiger partial charge is 0.476 e. The zero-order valence-electron chi connectivity index (χ0n) is 22.8. The van der Waals surface area contributed by atoms with Crippen molar-refractivity contribution in [2.45, 2.75) is 38.5 Å². The fraction of sp³-hybridized carbons (Fsp3) is 0.219. The summed E-state index contributed by atoms with van der Waals surface area (Å²) in [5.74, 6) is 0.0453. The number of non-ortho nitro benzene ring substituents is 1. The first-order chi connectivity index (χ1) is 19.2. The van der Waals surface area contributed by atoms with Crippen LogP contribution in [0.2, 0.25) is 5.04 Å². The molecule has 0 radical (unpaired) electrons. The number of hydrogen-bond acceptors (Lipinski definition) is 5. The van der Waals surface area contributed by atoms with Gasteiger partial charge >= 0.3 is 0 Å². The lowest BCUT2D eigenvalue weighted by Gasteiger charge is -2.44. The highest BCUT2D eigenvalue weighted by molar-refractivity contribution is 6.99. The minimum Gasteiger partial charge on any atom is -0.476 e. The molecule has 1 amide bonds. The van der Waals surface area contributed by atoms with Crippen LogP contribution in [0.15, 0.2) is 109 Å². The normalized spacial score (nSPS) is 15.3. The number of carbonyl (C=O) groups excluding carboxylic acids is 1. The van der Waals surface area contributed by atoms with Crippen molar-refractivity contribution >= 4 is 36.0 Å². The molecule has 0 aliphatic carbocycles. The third kappa shape index (κ3) is 5.15. The first-order valence-corrected chi connectivity index (χ1v) is 15.2. The van der Waals surface area contributed by atoms with E-state index in [1.807, 2.05) is 66.7 Å². The Morgan fingerprint density at radius 3 is 1.95 bits per heavy atom. The quantitative estimate of drug-likeness (QED) is 0.165. The molecular formula is C32H32N2O5Si. The van der Waals surface area contributed by atoms with Crippen molar-refractivity contribution in [3.05, 3.63) is 125 Å². The lowest BCUT2D eigenvalue weighted by Crippen LogP contribution is -2.67. The number of hydrogen-bond donors (Lipinski definition) is 0. The molecule has 0 saturated carbocycles. The second-order valence-electron chi connectivity index (χ2n) is 10.9. The SMILES string of the molecule is CC(C)(C)[Si](OCC1Oc2cc([N+](=O)[O-])ccc2N(Cc2ccccc2)C1=O)(c1ccccc1)c1ccccc1. The Bertz CT molecular complexity index is 1450. The van der Waals surface area contributed by atoms with Crippen molar-refractivity contribution in [2.75, 3.05) is 11.5 Å². The van der Waals surface area contributed by atoms with E-state index in [0.717, 1.165) is 15.9 Å². The predicted octanol–water partition coefficient (Wildman–Crippen LogP) is 5.47. The molecule has 0 N–H and O–H groups in total. The van der Waals surface area contributed by atoms with Gasteiger partial charge in [0.15, 0.2) is 11.9 Å². The topological polar surface area (TPSA) is 81.9 Å². The Labute approximate surface area is 235 Å². The number of anilines is 1. The maximum atomic E-state index is 14.0. The molecular weight excluding hydrogens is 520 g/mol. The molecule has 1 aliphatic heterocycles. The van der Waals surface area contributed by atoms with Gasteiger partial charge in [0, 0.05) is 6.07 Å². The number of ether oxygens (including phenoxy) is 1. The number of nitro benzene ring substituents is 1. The number of carbonyl (C=O) groups is 1. The Morgan fingerprint density at radius 1 is 0.875 bits per heavy atom. The molecule has 204 valence electrons. The summed E-state index contributed by atoms with van der Waals surface area (Å²) in [6.07, 6.45) is -0.972. The number of amides is 1. The van der Waals surface area contributed by atoms with Crippen LogP contribution in [0.4, 0.5) is 11.4 Å². The van der Waals surface area contributed by atoms with E-state index < -0.39 is 19.3 Å². The van der Waals surface area contributed by atoms with Crippen molar-refractivity contribution in [3.8, 4) is 5.75 Å². The van der Waals surface area contributed by atoms with Gasteiger partial charge in [-0.15, -0.1) is 0 Å². The van der Waals surface area contributed by atoms with Crippen molar-refractivity contribution < 1.29 is 18.9 Å². The minimum absolute atomic E-state index is 0.000461. The van der Waals surface area contributed by atoms with Gasteiger partial charge in [-0.05, 0) is 27.0 Å². The number of rotatable bonds is 8. The summed E-state index contributed by atoms with van der Waals surface area (Å²) >= 11 is 0. The Balaban J connectivity index is 1.55. The molecule has 1 heterocycles. The lowest BCUT2D eigenvalue weighted by molar-refractivity contribution is -0.384. The van der Waals surface area contributed by atoms with Crippen molar-refractivity contribution in [3.63, 3.8) is 0 Å². The van der Waals surface area contributed by atoms with Gasteiger partial charge in [0.05, 0.1) is 29.8 Å². The number of nitro groups is 1. The maximum absolute atomic E-state index is 14.0. The van der Waals surface area contributed by atoms with E-state index in [1.165, 1.54) is 12.1 Å². The average molecular weight is 553 g/mol. The van der Waals surface area contributed by atoms with Gasteiger partial charge in [0.1, 0.15) is 0 Å². The van der Waals surface area contributed by atoms with Crippen LogP contribution in [0.1, 0.15) is 26.3 Å². The monoisotopic (exact) mass is 552 g/mol. The van der Waals surface area contributed by atoms with Gasteiger partial charge in [-0.1, -0.05) is 112 Å². The van der Waals surface area contributed by atoms with Gasteiger partial charge in [-0.25, -0.2) is 0 Å². The molecule has 7 nitrogen and oxygen atoms in total. The summed E-state index contributed by atoms with van der Waals surface area (Å²) in [5.41, 5.74) is 1.34. The molecule has 1 unspecified atom stereocenters. The maximum Gasteiger partial charge on any atom is 0.273 e. The molecule has 4 aromatic carbocycles. The fourth-order valence-corrected chi connectivity index (χ4v) is 9.98. The molecule has 0 saturated heterocycles. The Hall–Kier alpha value is -4.27. The van der Waals surface area contributed by atoms with Crippen LogP contribution < -0.4 is 20.0 Å². The highest BCUT2D eigenvalue weighted by Gasteiger charge is 2.51. The van der Waals surface area contributed by atoms with Crippen LogP contribution in [0.5, 0.6) is 5.75 Å². The summed E-state index contributed by atoms with van der Waals surface area (Å²) in [5, 5.41) is 13.4. The standard InChI is InChI=1S/C32H32N2O5Si/c1-32(2,3)40(26-15-9-5-10-16-26,27-17-11-6-12-18-27)38-23-30-31(35)33(22-24-13-7-4-8-14-24)28-20-19-25(34(36)37)21-29(28)39-30/h4-21,30H,22-23H2,1-3H3. The predicted molar refractivity (Wildman–Crippen MR) is 159 cm³/mol. The second-order valence-corrected chi connectivity index (χ2v) is 15.2. The summed E-state index contributed by atoms with van der Waals surface area (Å²) in [7, 11) is -2.94. The summed E-state index contributed by atoms with van der Waals surface area (Å²) in [6, 6.07) is 34.4. The zero-order valence-corrected chi connectivity index (χ0v) is 23.8. The third-order valence-corrected chi connectivity index (χ3v) is 12.3. The summed E-state index contributed by atoms with van der Waals surface area (Å²) in [6.45, 7) is 6.82. The third-order valence-electron chi connectivity index (χ3n) is 7.31. The van der Waals surface area contributed by atoms with Crippen LogP contribution in [0.25, 0.3) is 0 Å². The molecule has 40 heavy (non-hydrogen) atoms. The van der Waals surface area contributed by atoms with Gasteiger partial charge in [0.2, 0.25) is 0 Å². The van der Waals surface area contributed by atoms with Crippen molar-refractivity contribution in [2.24, 2.45) is 0 Å². The van der Waals surface area contributed by atoms with E-state index in [1.54, 1.807) is 11.0 Å². The second kappa shape index (κ2) is 11.1. The van der Waals surface area contributed by atoms with Crippen LogP contribution >= 0.6 is 0 Å². The molecule has 0 spiro atoms. The fourth-order valence-electron chi connectivity index (χ4n) is 5.43.